The minimum Gasteiger partial charge on any atom is -0.468 e. The summed E-state index contributed by atoms with van der Waals surface area (Å²) < 4.78 is 32.7. The summed E-state index contributed by atoms with van der Waals surface area (Å²) in [7, 11) is -3.83. The lowest BCUT2D eigenvalue weighted by Gasteiger charge is -2.14. The molecule has 1 aromatic carbocycles. The molecule has 2 N–H and O–H groups in total. The van der Waals surface area contributed by atoms with Gasteiger partial charge in [-0.3, -0.25) is 4.79 Å². The van der Waals surface area contributed by atoms with Crippen molar-refractivity contribution in [3.8, 4) is 0 Å². The van der Waals surface area contributed by atoms with E-state index in [2.05, 4.69) is 20.0 Å². The van der Waals surface area contributed by atoms with Gasteiger partial charge >= 0.3 is 0 Å². The van der Waals surface area contributed by atoms with Gasteiger partial charge in [-0.15, -0.1) is 11.8 Å². The highest BCUT2D eigenvalue weighted by molar-refractivity contribution is 7.99. The van der Waals surface area contributed by atoms with Crippen LogP contribution in [0.15, 0.2) is 64.2 Å². The van der Waals surface area contributed by atoms with Crippen LogP contribution in [0.5, 0.6) is 0 Å². The monoisotopic (exact) mass is 446 g/mol. The fraction of sp³-hybridized carbons (Fsp3) is 0.250. The first-order valence-corrected chi connectivity index (χ1v) is 11.8. The number of nitrogens with zero attached hydrogens (tertiary/aromatic N) is 2. The highest BCUT2D eigenvalue weighted by atomic mass is 32.2. The molecule has 0 bridgehead atoms. The van der Waals surface area contributed by atoms with Gasteiger partial charge in [0.2, 0.25) is 11.9 Å². The zero-order valence-electron chi connectivity index (χ0n) is 16.5. The minimum atomic E-state index is -3.83. The van der Waals surface area contributed by atoms with Gasteiger partial charge in [-0.25, -0.2) is 23.1 Å². The lowest BCUT2D eigenvalue weighted by atomic mass is 10.3. The Balaban J connectivity index is 1.62. The van der Waals surface area contributed by atoms with Crippen molar-refractivity contribution in [2.45, 2.75) is 36.2 Å². The minimum absolute atomic E-state index is 0.00625. The zero-order valence-corrected chi connectivity index (χ0v) is 18.2. The number of sulfonamides is 1. The molecule has 10 heteroatoms. The molecular formula is C20H22N4O4S2. The van der Waals surface area contributed by atoms with Crippen molar-refractivity contribution >= 4 is 39.3 Å². The predicted molar refractivity (Wildman–Crippen MR) is 117 cm³/mol. The van der Waals surface area contributed by atoms with E-state index < -0.39 is 10.0 Å². The molecule has 1 amide bonds. The van der Waals surface area contributed by atoms with Crippen LogP contribution in [0.4, 0.5) is 11.6 Å². The summed E-state index contributed by atoms with van der Waals surface area (Å²) in [6, 6.07) is 11.3. The molecule has 158 valence electrons. The van der Waals surface area contributed by atoms with E-state index in [0.29, 0.717) is 23.6 Å². The number of amides is 1. The van der Waals surface area contributed by atoms with Gasteiger partial charge in [0, 0.05) is 17.6 Å². The molecule has 0 aliphatic rings. The van der Waals surface area contributed by atoms with E-state index in [0.717, 1.165) is 5.76 Å². The maximum Gasteiger partial charge on any atom is 0.264 e. The Morgan fingerprint density at radius 3 is 2.60 bits per heavy atom. The summed E-state index contributed by atoms with van der Waals surface area (Å²) in [6.07, 6.45) is 3.74. The second kappa shape index (κ2) is 9.77. The average molecular weight is 447 g/mol. The van der Waals surface area contributed by atoms with Crippen molar-refractivity contribution in [3.05, 3.63) is 66.4 Å². The quantitative estimate of drug-likeness (QED) is 0.513. The maximum atomic E-state index is 12.5. The van der Waals surface area contributed by atoms with Crippen LogP contribution >= 0.6 is 11.8 Å². The Kier molecular flexibility index (Phi) is 7.11. The summed E-state index contributed by atoms with van der Waals surface area (Å²) in [5, 5.41) is 2.58. The third-order valence-electron chi connectivity index (χ3n) is 4.12. The van der Waals surface area contributed by atoms with E-state index in [-0.39, 0.29) is 22.0 Å². The number of aryl methyl sites for hydroxylation is 1. The zero-order chi connectivity index (χ0) is 21.6. The number of hydrogen-bond acceptors (Lipinski definition) is 7. The second-order valence-electron chi connectivity index (χ2n) is 6.43. The summed E-state index contributed by atoms with van der Waals surface area (Å²) >= 11 is 1.49. The Labute approximate surface area is 179 Å². The average Bonchev–Trinajstić information content (AvgIpc) is 3.22. The lowest BCUT2D eigenvalue weighted by molar-refractivity contribution is -0.115. The number of furan rings is 1. The van der Waals surface area contributed by atoms with Crippen LogP contribution < -0.4 is 10.0 Å². The van der Waals surface area contributed by atoms with Crippen molar-refractivity contribution in [1.82, 2.24) is 9.97 Å². The molecule has 1 atom stereocenters. The molecule has 1 unspecified atom stereocenters. The lowest BCUT2D eigenvalue weighted by Crippen LogP contribution is -2.24. The predicted octanol–water partition coefficient (Wildman–Crippen LogP) is 3.83. The van der Waals surface area contributed by atoms with Crippen LogP contribution in [0.3, 0.4) is 0 Å². The van der Waals surface area contributed by atoms with E-state index in [1.165, 1.54) is 30.1 Å². The molecule has 30 heavy (non-hydrogen) atoms. The van der Waals surface area contributed by atoms with Crippen LogP contribution in [0.1, 0.15) is 24.8 Å². The number of aromatic nitrogens is 2. The summed E-state index contributed by atoms with van der Waals surface area (Å²) in [4.78, 5) is 20.5. The Bertz CT molecular complexity index is 1080. The van der Waals surface area contributed by atoms with Crippen molar-refractivity contribution in [2.24, 2.45) is 0 Å². The van der Waals surface area contributed by atoms with E-state index in [1.54, 1.807) is 31.4 Å². The van der Waals surface area contributed by atoms with Gasteiger partial charge in [-0.1, -0.05) is 6.92 Å². The maximum absolute atomic E-state index is 12.5. The summed E-state index contributed by atoms with van der Waals surface area (Å²) in [5.41, 5.74) is 1.17. The summed E-state index contributed by atoms with van der Waals surface area (Å²) in [5.74, 6) is 1.27. The molecule has 8 nitrogen and oxygen atoms in total. The van der Waals surface area contributed by atoms with E-state index in [9.17, 15) is 13.2 Å². The molecule has 0 saturated carbocycles. The third kappa shape index (κ3) is 5.83. The van der Waals surface area contributed by atoms with Gasteiger partial charge < -0.3 is 9.73 Å². The van der Waals surface area contributed by atoms with E-state index in [4.69, 9.17) is 4.42 Å². The highest BCUT2D eigenvalue weighted by Crippen LogP contribution is 2.23. The van der Waals surface area contributed by atoms with Gasteiger partial charge in [-0.05, 0) is 55.8 Å². The first kappa shape index (κ1) is 21.8. The number of benzene rings is 1. The molecular weight excluding hydrogens is 424 g/mol. The molecule has 0 spiro atoms. The molecule has 0 radical (unpaired) electrons. The SMILES string of the molecule is CCC(SCc1ccco1)C(=O)Nc1ccc(S(=O)(=O)Nc2nccc(C)n2)cc1. The molecule has 3 rings (SSSR count). The first-order valence-electron chi connectivity index (χ1n) is 9.25. The largest absolute Gasteiger partial charge is 0.468 e. The van der Waals surface area contributed by atoms with Crippen LogP contribution in [0, 0.1) is 6.92 Å². The Morgan fingerprint density at radius 2 is 1.97 bits per heavy atom. The van der Waals surface area contributed by atoms with E-state index in [1.807, 2.05) is 19.1 Å². The van der Waals surface area contributed by atoms with Gasteiger partial charge in [0.05, 0.1) is 22.2 Å². The second-order valence-corrected chi connectivity index (χ2v) is 9.30. The fourth-order valence-electron chi connectivity index (χ4n) is 2.57. The van der Waals surface area contributed by atoms with E-state index >= 15 is 0 Å². The molecule has 3 aromatic rings. The van der Waals surface area contributed by atoms with Crippen LogP contribution in [-0.4, -0.2) is 29.5 Å². The van der Waals surface area contributed by atoms with Crippen molar-refractivity contribution in [3.63, 3.8) is 0 Å². The van der Waals surface area contributed by atoms with Crippen molar-refractivity contribution in [2.75, 3.05) is 10.0 Å². The molecule has 2 aromatic heterocycles. The smallest absolute Gasteiger partial charge is 0.264 e. The van der Waals surface area contributed by atoms with Crippen molar-refractivity contribution < 1.29 is 17.6 Å². The standard InChI is InChI=1S/C20H22N4O4S2/c1-3-18(29-13-16-5-4-12-28-16)19(25)23-15-6-8-17(9-7-15)30(26,27)24-20-21-11-10-14(2)22-20/h4-12,18H,3,13H2,1-2H3,(H,23,25)(H,21,22,24). The van der Waals surface area contributed by atoms with Gasteiger partial charge in [0.25, 0.3) is 10.0 Å². The number of carbonyl (C=O) groups excluding carboxylic acids is 1. The van der Waals surface area contributed by atoms with Crippen LogP contribution in [-0.2, 0) is 20.6 Å². The molecule has 0 fully saturated rings. The number of anilines is 2. The Morgan fingerprint density at radius 1 is 1.20 bits per heavy atom. The number of rotatable bonds is 9. The van der Waals surface area contributed by atoms with Gasteiger partial charge in [0.1, 0.15) is 5.76 Å². The molecule has 0 aliphatic carbocycles. The first-order chi connectivity index (χ1) is 14.4. The van der Waals surface area contributed by atoms with Crippen molar-refractivity contribution in [1.29, 1.82) is 0 Å². The van der Waals surface area contributed by atoms with Gasteiger partial charge in [-0.2, -0.15) is 0 Å². The van der Waals surface area contributed by atoms with Crippen LogP contribution in [0.2, 0.25) is 0 Å². The number of nitrogens with one attached hydrogen (secondary N) is 2. The molecule has 0 aliphatic heterocycles. The fourth-order valence-corrected chi connectivity index (χ4v) is 4.50. The topological polar surface area (TPSA) is 114 Å². The summed E-state index contributed by atoms with van der Waals surface area (Å²) in [6.45, 7) is 3.68. The Hall–Kier alpha value is -2.85. The number of hydrogen-bond donors (Lipinski definition) is 2. The highest BCUT2D eigenvalue weighted by Gasteiger charge is 2.19. The molecule has 0 saturated heterocycles. The number of thioether (sulfide) groups is 1. The number of carbonyl (C=O) groups is 1. The van der Waals surface area contributed by atoms with Crippen LogP contribution in [0.25, 0.3) is 0 Å². The third-order valence-corrected chi connectivity index (χ3v) is 6.87. The normalized spacial score (nSPS) is 12.3. The molecule has 2 heterocycles. The van der Waals surface area contributed by atoms with Gasteiger partial charge in [0.15, 0.2) is 0 Å².